The van der Waals surface area contributed by atoms with E-state index in [0.717, 1.165) is 21.7 Å². The molecule has 4 heteroatoms. The lowest BCUT2D eigenvalue weighted by atomic mass is 10.1. The molecule has 0 spiro atoms. The van der Waals surface area contributed by atoms with Gasteiger partial charge in [0.05, 0.1) is 12.5 Å². The summed E-state index contributed by atoms with van der Waals surface area (Å²) >= 11 is 1.61. The highest BCUT2D eigenvalue weighted by Gasteiger charge is 2.10. The van der Waals surface area contributed by atoms with Gasteiger partial charge in [0, 0.05) is 16.1 Å². The Balaban J connectivity index is 2.16. The molecule has 0 aliphatic heterocycles. The highest BCUT2D eigenvalue weighted by atomic mass is 32.2. The Morgan fingerprint density at radius 1 is 1.24 bits per heavy atom. The minimum atomic E-state index is -0.114. The number of anilines is 1. The number of carbonyl (C=O) groups is 1. The fraction of sp³-hybridized carbons (Fsp3) is 0.176. The summed E-state index contributed by atoms with van der Waals surface area (Å²) in [5.74, 6) is -0.114. The summed E-state index contributed by atoms with van der Waals surface area (Å²) in [5.41, 5.74) is 3.31. The molecule has 2 aromatic carbocycles. The molecule has 0 fully saturated rings. The topological polar surface area (TPSA) is 52.9 Å². The van der Waals surface area contributed by atoms with Gasteiger partial charge in [-0.25, -0.2) is 0 Å². The second kappa shape index (κ2) is 6.96. The summed E-state index contributed by atoms with van der Waals surface area (Å²) in [6, 6.07) is 15.3. The zero-order chi connectivity index (χ0) is 15.2. The van der Waals surface area contributed by atoms with Crippen LogP contribution in [0.15, 0.2) is 47.4 Å². The molecular formula is C17H16N2OS. The lowest BCUT2D eigenvalue weighted by molar-refractivity contribution is 0.102. The maximum Gasteiger partial charge on any atom is 0.255 e. The minimum Gasteiger partial charge on any atom is -0.322 e. The molecule has 0 bridgehead atoms. The average Bonchev–Trinajstić information content (AvgIpc) is 2.50. The molecule has 0 aliphatic rings. The van der Waals surface area contributed by atoms with Crippen molar-refractivity contribution in [2.75, 3.05) is 11.6 Å². The van der Waals surface area contributed by atoms with Crippen molar-refractivity contribution in [1.29, 1.82) is 5.26 Å². The van der Waals surface area contributed by atoms with Gasteiger partial charge in [-0.3, -0.25) is 4.79 Å². The van der Waals surface area contributed by atoms with Crippen LogP contribution < -0.4 is 5.32 Å². The molecule has 106 valence electrons. The number of thioether (sulfide) groups is 1. The van der Waals surface area contributed by atoms with E-state index in [2.05, 4.69) is 11.4 Å². The lowest BCUT2D eigenvalue weighted by Gasteiger charge is -2.09. The van der Waals surface area contributed by atoms with Gasteiger partial charge in [-0.2, -0.15) is 5.26 Å². The summed E-state index contributed by atoms with van der Waals surface area (Å²) in [7, 11) is 0. The largest absolute Gasteiger partial charge is 0.322 e. The quantitative estimate of drug-likeness (QED) is 0.866. The zero-order valence-electron chi connectivity index (χ0n) is 12.0. The van der Waals surface area contributed by atoms with Gasteiger partial charge in [-0.05, 0) is 48.6 Å². The maximum atomic E-state index is 12.3. The van der Waals surface area contributed by atoms with Crippen molar-refractivity contribution in [3.8, 4) is 6.07 Å². The summed E-state index contributed by atoms with van der Waals surface area (Å²) in [6.07, 6.45) is 2.36. The minimum absolute atomic E-state index is 0.114. The Hall–Kier alpha value is -2.25. The van der Waals surface area contributed by atoms with Gasteiger partial charge in [0.15, 0.2) is 0 Å². The lowest BCUT2D eigenvalue weighted by Crippen LogP contribution is -2.13. The molecule has 0 atom stereocenters. The van der Waals surface area contributed by atoms with Gasteiger partial charge in [0.1, 0.15) is 0 Å². The fourth-order valence-electron chi connectivity index (χ4n) is 1.97. The van der Waals surface area contributed by atoms with Gasteiger partial charge in [-0.15, -0.1) is 11.8 Å². The van der Waals surface area contributed by atoms with Gasteiger partial charge < -0.3 is 5.32 Å². The van der Waals surface area contributed by atoms with Crippen LogP contribution in [0.5, 0.6) is 0 Å². The molecule has 1 amide bonds. The van der Waals surface area contributed by atoms with Crippen LogP contribution in [0.3, 0.4) is 0 Å². The first kappa shape index (κ1) is 15.1. The first-order chi connectivity index (χ1) is 10.1. The number of nitrogens with one attached hydrogen (secondary N) is 1. The van der Waals surface area contributed by atoms with Crippen LogP contribution >= 0.6 is 11.8 Å². The molecule has 0 unspecified atom stereocenters. The molecule has 0 saturated heterocycles. The van der Waals surface area contributed by atoms with Crippen molar-refractivity contribution in [2.24, 2.45) is 0 Å². The first-order valence-electron chi connectivity index (χ1n) is 6.56. The Bertz CT molecular complexity index is 687. The molecule has 2 rings (SSSR count). The third kappa shape index (κ3) is 3.87. The fourth-order valence-corrected chi connectivity index (χ4v) is 2.41. The average molecular weight is 296 g/mol. The molecule has 3 nitrogen and oxygen atoms in total. The van der Waals surface area contributed by atoms with Crippen molar-refractivity contribution in [3.63, 3.8) is 0 Å². The molecule has 0 saturated carbocycles. The predicted octanol–water partition coefficient (Wildman–Crippen LogP) is 4.04. The Kier molecular flexibility index (Phi) is 5.02. The van der Waals surface area contributed by atoms with E-state index in [1.807, 2.05) is 55.6 Å². The maximum absolute atomic E-state index is 12.3. The van der Waals surface area contributed by atoms with E-state index in [9.17, 15) is 4.79 Å². The van der Waals surface area contributed by atoms with Crippen LogP contribution in [0.2, 0.25) is 0 Å². The molecule has 21 heavy (non-hydrogen) atoms. The molecule has 1 N–H and O–H groups in total. The van der Waals surface area contributed by atoms with Crippen LogP contribution in [0.4, 0.5) is 5.69 Å². The molecule has 0 heterocycles. The van der Waals surface area contributed by atoms with Gasteiger partial charge in [-0.1, -0.05) is 18.2 Å². The van der Waals surface area contributed by atoms with Gasteiger partial charge in [0.25, 0.3) is 5.91 Å². The molecule has 0 aromatic heterocycles. The van der Waals surface area contributed by atoms with Gasteiger partial charge in [0.2, 0.25) is 0 Å². The number of benzene rings is 2. The van der Waals surface area contributed by atoms with E-state index < -0.39 is 0 Å². The van der Waals surface area contributed by atoms with E-state index in [1.54, 1.807) is 11.8 Å². The predicted molar refractivity (Wildman–Crippen MR) is 86.7 cm³/mol. The Morgan fingerprint density at radius 2 is 1.95 bits per heavy atom. The molecule has 0 aliphatic carbocycles. The number of amides is 1. The second-order valence-corrected chi connectivity index (χ2v) is 5.55. The Labute approximate surface area is 129 Å². The van der Waals surface area contributed by atoms with Crippen molar-refractivity contribution in [3.05, 3.63) is 59.2 Å². The summed E-state index contributed by atoms with van der Waals surface area (Å²) in [4.78, 5) is 13.4. The Morgan fingerprint density at radius 3 is 2.57 bits per heavy atom. The van der Waals surface area contributed by atoms with Crippen LogP contribution in [0, 0.1) is 18.3 Å². The van der Waals surface area contributed by atoms with Crippen molar-refractivity contribution in [1.82, 2.24) is 0 Å². The summed E-state index contributed by atoms with van der Waals surface area (Å²) in [5, 5.41) is 11.5. The summed E-state index contributed by atoms with van der Waals surface area (Å²) < 4.78 is 0. The number of rotatable bonds is 4. The number of aryl methyl sites for hydroxylation is 1. The number of hydrogen-bond donors (Lipinski definition) is 1. The van der Waals surface area contributed by atoms with Crippen molar-refractivity contribution >= 4 is 23.4 Å². The van der Waals surface area contributed by atoms with Crippen LogP contribution in [-0.4, -0.2) is 12.2 Å². The molecule has 0 radical (unpaired) electrons. The van der Waals surface area contributed by atoms with E-state index in [-0.39, 0.29) is 5.91 Å². The first-order valence-corrected chi connectivity index (χ1v) is 7.78. The van der Waals surface area contributed by atoms with Crippen LogP contribution in [-0.2, 0) is 6.42 Å². The van der Waals surface area contributed by atoms with Crippen LogP contribution in [0.25, 0.3) is 0 Å². The van der Waals surface area contributed by atoms with E-state index in [0.29, 0.717) is 12.0 Å². The number of hydrogen-bond acceptors (Lipinski definition) is 3. The van der Waals surface area contributed by atoms with Gasteiger partial charge >= 0.3 is 0 Å². The molecule has 2 aromatic rings. The second-order valence-electron chi connectivity index (χ2n) is 4.67. The number of nitrogens with zero attached hydrogens (tertiary/aromatic N) is 1. The monoisotopic (exact) mass is 296 g/mol. The van der Waals surface area contributed by atoms with E-state index in [4.69, 9.17) is 5.26 Å². The third-order valence-corrected chi connectivity index (χ3v) is 3.91. The number of carbonyl (C=O) groups excluding carboxylic acids is 1. The van der Waals surface area contributed by atoms with E-state index in [1.165, 1.54) is 0 Å². The SMILES string of the molecule is CSc1ccc(C)c(C(=O)Nc2ccc(CC#N)cc2)c1. The normalized spacial score (nSPS) is 9.95. The summed E-state index contributed by atoms with van der Waals surface area (Å²) in [6.45, 7) is 1.93. The smallest absolute Gasteiger partial charge is 0.255 e. The molecular weight excluding hydrogens is 280 g/mol. The highest BCUT2D eigenvalue weighted by molar-refractivity contribution is 7.98. The third-order valence-electron chi connectivity index (χ3n) is 3.18. The van der Waals surface area contributed by atoms with E-state index >= 15 is 0 Å². The van der Waals surface area contributed by atoms with Crippen molar-refractivity contribution < 1.29 is 4.79 Å². The number of nitriles is 1. The van der Waals surface area contributed by atoms with Crippen molar-refractivity contribution in [2.45, 2.75) is 18.2 Å². The highest BCUT2D eigenvalue weighted by Crippen LogP contribution is 2.20. The standard InChI is InChI=1S/C17H16N2OS/c1-12-3-8-15(21-2)11-16(12)17(20)19-14-6-4-13(5-7-14)9-10-18/h3-8,11H,9H2,1-2H3,(H,19,20). The van der Waals surface area contributed by atoms with Crippen LogP contribution in [0.1, 0.15) is 21.5 Å². The zero-order valence-corrected chi connectivity index (χ0v) is 12.8.